The van der Waals surface area contributed by atoms with Crippen molar-refractivity contribution in [3.63, 3.8) is 0 Å². The fourth-order valence-corrected chi connectivity index (χ4v) is 3.79. The molecule has 0 amide bonds. The van der Waals surface area contributed by atoms with Gasteiger partial charge in [0.1, 0.15) is 5.82 Å². The van der Waals surface area contributed by atoms with E-state index in [-0.39, 0.29) is 5.69 Å². The van der Waals surface area contributed by atoms with Gasteiger partial charge >= 0.3 is 5.69 Å². The summed E-state index contributed by atoms with van der Waals surface area (Å²) in [5, 5.41) is 12.4. The van der Waals surface area contributed by atoms with Gasteiger partial charge in [-0.3, -0.25) is 4.57 Å². The smallest absolute Gasteiger partial charge is 0.317 e. The highest BCUT2D eigenvalue weighted by molar-refractivity contribution is 5.35. The first-order valence-corrected chi connectivity index (χ1v) is 9.71. The summed E-state index contributed by atoms with van der Waals surface area (Å²) in [4.78, 5) is 12.8. The number of rotatable bonds is 6. The molecule has 142 valence electrons. The third-order valence-electron chi connectivity index (χ3n) is 5.26. The molecule has 0 radical (unpaired) electrons. The lowest BCUT2D eigenvalue weighted by Crippen LogP contribution is -2.30. The molecule has 27 heavy (non-hydrogen) atoms. The highest BCUT2D eigenvalue weighted by Gasteiger charge is 2.19. The molecule has 0 bridgehead atoms. The summed E-state index contributed by atoms with van der Waals surface area (Å²) in [6, 6.07) is 9.97. The molecule has 1 aliphatic heterocycles. The Morgan fingerprint density at radius 1 is 1.22 bits per heavy atom. The number of benzene rings is 1. The van der Waals surface area contributed by atoms with Crippen molar-refractivity contribution in [3.8, 4) is 5.69 Å². The summed E-state index contributed by atoms with van der Waals surface area (Å²) in [5.74, 6) is 1.52. The van der Waals surface area contributed by atoms with Crippen molar-refractivity contribution in [1.29, 1.82) is 0 Å². The number of hydrogen-bond donors (Lipinski definition) is 1. The van der Waals surface area contributed by atoms with E-state index in [0.29, 0.717) is 19.0 Å². The number of hydrogen-bond acceptors (Lipinski definition) is 4. The Balaban J connectivity index is 1.57. The van der Waals surface area contributed by atoms with Crippen molar-refractivity contribution < 1.29 is 0 Å². The van der Waals surface area contributed by atoms with Crippen LogP contribution in [0.2, 0.25) is 0 Å². The summed E-state index contributed by atoms with van der Waals surface area (Å²) in [7, 11) is 0. The minimum atomic E-state index is -0.0223. The Morgan fingerprint density at radius 3 is 2.81 bits per heavy atom. The number of nitrogens with one attached hydrogen (secondary N) is 1. The van der Waals surface area contributed by atoms with Gasteiger partial charge in [-0.05, 0) is 62.5 Å². The molecule has 3 aromatic rings. The standard InChI is InChI=1S/C20H26N6O/c1-2-24-19(14-16-7-10-21-11-8-16)23-26(20(24)27)15-17-5-3-6-18(13-17)25-12-4-9-22-25/h3-6,9,12-13,16,21H,2,7-8,10-11,14-15H2,1H3. The SMILES string of the molecule is CCn1c(CC2CCNCC2)nn(Cc2cccc(-n3cccn3)c2)c1=O. The normalized spacial score (nSPS) is 15.3. The van der Waals surface area contributed by atoms with Gasteiger partial charge in [-0.2, -0.15) is 10.2 Å². The summed E-state index contributed by atoms with van der Waals surface area (Å²) < 4.78 is 5.24. The molecule has 1 fully saturated rings. The van der Waals surface area contributed by atoms with Crippen molar-refractivity contribution >= 4 is 0 Å². The van der Waals surface area contributed by atoms with E-state index >= 15 is 0 Å². The molecule has 1 N–H and O–H groups in total. The van der Waals surface area contributed by atoms with Crippen molar-refractivity contribution in [2.45, 2.75) is 39.3 Å². The van der Waals surface area contributed by atoms with E-state index in [1.807, 2.05) is 46.6 Å². The maximum atomic E-state index is 12.8. The second-order valence-corrected chi connectivity index (χ2v) is 7.12. The van der Waals surface area contributed by atoms with Crippen LogP contribution in [0, 0.1) is 5.92 Å². The summed E-state index contributed by atoms with van der Waals surface area (Å²) in [5.41, 5.74) is 2.00. The third-order valence-corrected chi connectivity index (χ3v) is 5.26. The zero-order chi connectivity index (χ0) is 18.6. The number of nitrogens with zero attached hydrogens (tertiary/aromatic N) is 5. The van der Waals surface area contributed by atoms with E-state index < -0.39 is 0 Å². The maximum Gasteiger partial charge on any atom is 0.346 e. The molecule has 1 saturated heterocycles. The molecule has 1 aliphatic rings. The van der Waals surface area contributed by atoms with Crippen LogP contribution in [-0.4, -0.2) is 37.2 Å². The molecule has 7 heteroatoms. The van der Waals surface area contributed by atoms with Crippen molar-refractivity contribution in [2.24, 2.45) is 5.92 Å². The summed E-state index contributed by atoms with van der Waals surface area (Å²) in [6.07, 6.45) is 6.85. The Morgan fingerprint density at radius 2 is 2.07 bits per heavy atom. The highest BCUT2D eigenvalue weighted by Crippen LogP contribution is 2.17. The van der Waals surface area contributed by atoms with Gasteiger partial charge in [0.15, 0.2) is 0 Å². The average Bonchev–Trinajstić information content (AvgIpc) is 3.32. The van der Waals surface area contributed by atoms with Crippen molar-refractivity contribution in [1.82, 2.24) is 29.4 Å². The van der Waals surface area contributed by atoms with Gasteiger partial charge in [0.2, 0.25) is 0 Å². The van der Waals surface area contributed by atoms with E-state index in [1.54, 1.807) is 10.9 Å². The molecular weight excluding hydrogens is 340 g/mol. The van der Waals surface area contributed by atoms with E-state index in [1.165, 1.54) is 0 Å². The second kappa shape index (κ2) is 7.92. The topological polar surface area (TPSA) is 69.7 Å². The van der Waals surface area contributed by atoms with Crippen LogP contribution in [0.1, 0.15) is 31.2 Å². The minimum absolute atomic E-state index is 0.0223. The lowest BCUT2D eigenvalue weighted by Gasteiger charge is -2.21. The first kappa shape index (κ1) is 17.7. The van der Waals surface area contributed by atoms with E-state index in [2.05, 4.69) is 21.6 Å². The van der Waals surface area contributed by atoms with Crippen LogP contribution in [0.15, 0.2) is 47.5 Å². The third kappa shape index (κ3) is 3.88. The predicted molar refractivity (Wildman–Crippen MR) is 104 cm³/mol. The molecule has 2 aromatic heterocycles. The lowest BCUT2D eigenvalue weighted by atomic mass is 9.94. The minimum Gasteiger partial charge on any atom is -0.317 e. The monoisotopic (exact) mass is 366 g/mol. The van der Waals surface area contributed by atoms with Gasteiger partial charge in [-0.1, -0.05) is 12.1 Å². The number of aromatic nitrogens is 5. The number of piperidine rings is 1. The van der Waals surface area contributed by atoms with Crippen LogP contribution in [0.4, 0.5) is 0 Å². The Bertz CT molecular complexity index is 934. The molecule has 0 spiro atoms. The summed E-state index contributed by atoms with van der Waals surface area (Å²) in [6.45, 7) is 5.26. The second-order valence-electron chi connectivity index (χ2n) is 7.12. The Kier molecular flexibility index (Phi) is 5.20. The van der Waals surface area contributed by atoms with Crippen LogP contribution >= 0.6 is 0 Å². The quantitative estimate of drug-likeness (QED) is 0.723. The van der Waals surface area contributed by atoms with Gasteiger partial charge in [-0.25, -0.2) is 14.2 Å². The van der Waals surface area contributed by atoms with Gasteiger partial charge in [0.25, 0.3) is 0 Å². The van der Waals surface area contributed by atoms with Gasteiger partial charge in [-0.15, -0.1) is 0 Å². The molecule has 1 aromatic carbocycles. The predicted octanol–water partition coefficient (Wildman–Crippen LogP) is 1.84. The van der Waals surface area contributed by atoms with Crippen LogP contribution in [0.3, 0.4) is 0 Å². The average molecular weight is 366 g/mol. The van der Waals surface area contributed by atoms with Crippen LogP contribution in [0.25, 0.3) is 5.69 Å². The first-order valence-electron chi connectivity index (χ1n) is 9.71. The molecule has 0 saturated carbocycles. The van der Waals surface area contributed by atoms with Crippen LogP contribution < -0.4 is 11.0 Å². The van der Waals surface area contributed by atoms with Gasteiger partial charge in [0.05, 0.1) is 12.2 Å². The lowest BCUT2D eigenvalue weighted by molar-refractivity contribution is 0.362. The first-order chi connectivity index (χ1) is 13.2. The Labute approximate surface area is 158 Å². The molecule has 0 atom stereocenters. The van der Waals surface area contributed by atoms with E-state index in [9.17, 15) is 4.79 Å². The van der Waals surface area contributed by atoms with Crippen molar-refractivity contribution in [3.05, 3.63) is 64.6 Å². The Hall–Kier alpha value is -2.67. The van der Waals surface area contributed by atoms with Gasteiger partial charge < -0.3 is 5.32 Å². The van der Waals surface area contributed by atoms with Crippen LogP contribution in [0.5, 0.6) is 0 Å². The molecular formula is C20H26N6O. The fraction of sp³-hybridized carbons (Fsp3) is 0.450. The molecule has 7 nitrogen and oxygen atoms in total. The van der Waals surface area contributed by atoms with E-state index in [0.717, 1.165) is 49.4 Å². The van der Waals surface area contributed by atoms with Crippen LogP contribution in [-0.2, 0) is 19.5 Å². The molecule has 0 aliphatic carbocycles. The molecule has 0 unspecified atom stereocenters. The zero-order valence-corrected chi connectivity index (χ0v) is 15.7. The maximum absolute atomic E-state index is 12.8. The van der Waals surface area contributed by atoms with Crippen molar-refractivity contribution in [2.75, 3.05) is 13.1 Å². The van der Waals surface area contributed by atoms with Gasteiger partial charge in [0, 0.05) is 25.4 Å². The largest absolute Gasteiger partial charge is 0.346 e. The molecule has 4 rings (SSSR count). The summed E-state index contributed by atoms with van der Waals surface area (Å²) >= 11 is 0. The zero-order valence-electron chi connectivity index (χ0n) is 15.7. The highest BCUT2D eigenvalue weighted by atomic mass is 16.2. The van der Waals surface area contributed by atoms with E-state index in [4.69, 9.17) is 0 Å². The fourth-order valence-electron chi connectivity index (χ4n) is 3.79. The molecule has 3 heterocycles.